The number of hydrogen-bond acceptors (Lipinski definition) is 1. The van der Waals surface area contributed by atoms with Crippen LogP contribution in [0, 0.1) is 0 Å². The van der Waals surface area contributed by atoms with Crippen LogP contribution < -0.4 is 4.74 Å². The van der Waals surface area contributed by atoms with Gasteiger partial charge in [-0.2, -0.15) is 0 Å². The van der Waals surface area contributed by atoms with E-state index >= 15 is 0 Å². The number of hydrogen-bond donors (Lipinski definition) is 0. The van der Waals surface area contributed by atoms with Crippen LogP contribution in [0.2, 0.25) is 0 Å². The summed E-state index contributed by atoms with van der Waals surface area (Å²) in [5.41, 5.74) is 15.2. The van der Waals surface area contributed by atoms with E-state index in [4.69, 9.17) is 4.74 Å². The van der Waals surface area contributed by atoms with Gasteiger partial charge in [0.1, 0.15) is 11.5 Å². The lowest BCUT2D eigenvalue weighted by Crippen LogP contribution is -2.25. The Hall–Kier alpha value is -5.40. The van der Waals surface area contributed by atoms with Crippen LogP contribution in [-0.4, -0.2) is 0 Å². The van der Waals surface area contributed by atoms with Crippen molar-refractivity contribution in [3.05, 3.63) is 168 Å². The van der Waals surface area contributed by atoms with Crippen LogP contribution in [0.4, 0.5) is 0 Å². The second-order valence-corrected chi connectivity index (χ2v) is 11.6. The third-order valence-electron chi connectivity index (χ3n) is 9.67. The van der Waals surface area contributed by atoms with Crippen LogP contribution in [0.25, 0.3) is 55.3 Å². The van der Waals surface area contributed by atoms with Gasteiger partial charge in [0.2, 0.25) is 0 Å². The molecule has 7 aromatic carbocycles. The summed E-state index contributed by atoms with van der Waals surface area (Å²) in [6, 6.07) is 53.4. The maximum Gasteiger partial charge on any atom is 0.136 e. The zero-order chi connectivity index (χ0) is 27.4. The van der Waals surface area contributed by atoms with Crippen LogP contribution in [0.5, 0.6) is 11.5 Å². The monoisotopic (exact) mass is 532 g/mol. The first kappa shape index (κ1) is 22.3. The highest BCUT2D eigenvalue weighted by molar-refractivity contribution is 6.07. The maximum atomic E-state index is 6.59. The van der Waals surface area contributed by atoms with E-state index in [9.17, 15) is 0 Å². The first-order valence-corrected chi connectivity index (χ1v) is 14.6. The van der Waals surface area contributed by atoms with Crippen molar-refractivity contribution in [1.82, 2.24) is 0 Å². The summed E-state index contributed by atoms with van der Waals surface area (Å²) in [5, 5.41) is 2.38. The minimum Gasteiger partial charge on any atom is -0.456 e. The SMILES string of the molecule is c1ccc2c(c1)Oc1cc(-c3cccc4c3-c3ccccc3C43c4ccccc4-c4ccccc43)cc3cccc-2c13. The van der Waals surface area contributed by atoms with E-state index in [0.717, 1.165) is 17.1 Å². The van der Waals surface area contributed by atoms with Crippen LogP contribution in [0.3, 0.4) is 0 Å². The molecule has 0 N–H and O–H groups in total. The summed E-state index contributed by atoms with van der Waals surface area (Å²) in [4.78, 5) is 0. The number of rotatable bonds is 1. The van der Waals surface area contributed by atoms with Crippen LogP contribution in [0.1, 0.15) is 22.3 Å². The molecule has 7 aromatic rings. The quantitative estimate of drug-likeness (QED) is 0.204. The second kappa shape index (κ2) is 7.87. The number of ether oxygens (including phenoxy) is 1. The summed E-state index contributed by atoms with van der Waals surface area (Å²) in [6.45, 7) is 0. The lowest BCUT2D eigenvalue weighted by molar-refractivity contribution is 0.487. The number of para-hydroxylation sites is 1. The van der Waals surface area contributed by atoms with Crippen LogP contribution in [0.15, 0.2) is 146 Å². The zero-order valence-electron chi connectivity index (χ0n) is 22.8. The molecule has 3 aliphatic rings. The Morgan fingerprint density at radius 3 is 1.69 bits per heavy atom. The minimum absolute atomic E-state index is 0.344. The Labute approximate surface area is 244 Å². The van der Waals surface area contributed by atoms with Gasteiger partial charge >= 0.3 is 0 Å². The molecule has 42 heavy (non-hydrogen) atoms. The van der Waals surface area contributed by atoms with Gasteiger partial charge in [0.15, 0.2) is 0 Å². The van der Waals surface area contributed by atoms with Gasteiger partial charge in [-0.25, -0.2) is 0 Å². The lowest BCUT2D eigenvalue weighted by atomic mass is 9.70. The Balaban J connectivity index is 1.29. The van der Waals surface area contributed by atoms with Crippen LogP contribution >= 0.6 is 0 Å². The van der Waals surface area contributed by atoms with Crippen molar-refractivity contribution < 1.29 is 4.74 Å². The first-order valence-electron chi connectivity index (χ1n) is 14.6. The molecule has 1 heteroatoms. The molecular formula is C41H24O. The summed E-state index contributed by atoms with van der Waals surface area (Å²) >= 11 is 0. The van der Waals surface area contributed by atoms with E-state index in [-0.39, 0.29) is 5.41 Å². The predicted molar refractivity (Wildman–Crippen MR) is 171 cm³/mol. The molecule has 0 saturated heterocycles. The van der Waals surface area contributed by atoms with Crippen molar-refractivity contribution in [3.63, 3.8) is 0 Å². The molecule has 0 amide bonds. The first-order chi connectivity index (χ1) is 20.8. The topological polar surface area (TPSA) is 9.23 Å². The van der Waals surface area contributed by atoms with E-state index in [2.05, 4.69) is 140 Å². The van der Waals surface area contributed by atoms with Crippen molar-refractivity contribution in [3.8, 4) is 56.0 Å². The summed E-state index contributed by atoms with van der Waals surface area (Å²) < 4.78 is 6.59. The third-order valence-corrected chi connectivity index (χ3v) is 9.67. The fourth-order valence-corrected chi connectivity index (χ4v) is 8.13. The normalized spacial score (nSPS) is 14.1. The maximum absolute atomic E-state index is 6.59. The summed E-state index contributed by atoms with van der Waals surface area (Å²) in [5.74, 6) is 1.84. The highest BCUT2D eigenvalue weighted by Gasteiger charge is 2.51. The summed E-state index contributed by atoms with van der Waals surface area (Å²) in [7, 11) is 0. The molecule has 1 nitrogen and oxygen atoms in total. The highest BCUT2D eigenvalue weighted by atomic mass is 16.5. The predicted octanol–water partition coefficient (Wildman–Crippen LogP) is 10.6. The van der Waals surface area contributed by atoms with Crippen molar-refractivity contribution in [2.24, 2.45) is 0 Å². The standard InChI is InChI=1S/C41H24O/c1-5-18-33-28(12-1)29-13-2-6-19-34(29)41(33)35-20-7-3-15-32(35)40-27(16-10-21-36(40)41)26-23-25-11-9-17-31-30-14-4-8-22-37(30)42-38(24-26)39(25)31/h1-24H. The Kier molecular flexibility index (Phi) is 4.18. The van der Waals surface area contributed by atoms with Gasteiger partial charge in [-0.1, -0.05) is 127 Å². The molecule has 0 fully saturated rings. The molecule has 1 spiro atoms. The molecule has 0 aromatic heterocycles. The average molecular weight is 533 g/mol. The van der Waals surface area contributed by atoms with Crippen molar-refractivity contribution in [2.45, 2.75) is 5.41 Å². The Morgan fingerprint density at radius 1 is 0.381 bits per heavy atom. The molecule has 10 rings (SSSR count). The fraction of sp³-hybridized carbons (Fsp3) is 0.0244. The fourth-order valence-electron chi connectivity index (χ4n) is 8.13. The Bertz CT molecular complexity index is 2240. The molecule has 0 bridgehead atoms. The highest BCUT2D eigenvalue weighted by Crippen LogP contribution is 2.64. The lowest BCUT2D eigenvalue weighted by Gasteiger charge is -2.30. The van der Waals surface area contributed by atoms with Gasteiger partial charge in [0, 0.05) is 10.9 Å². The molecular weight excluding hydrogens is 508 g/mol. The second-order valence-electron chi connectivity index (χ2n) is 11.6. The average Bonchev–Trinajstić information content (AvgIpc) is 3.52. The third kappa shape index (κ3) is 2.60. The van der Waals surface area contributed by atoms with Gasteiger partial charge in [-0.15, -0.1) is 0 Å². The molecule has 2 aliphatic carbocycles. The van der Waals surface area contributed by atoms with E-state index < -0.39 is 0 Å². The molecule has 0 atom stereocenters. The molecule has 1 aliphatic heterocycles. The summed E-state index contributed by atoms with van der Waals surface area (Å²) in [6.07, 6.45) is 0. The largest absolute Gasteiger partial charge is 0.456 e. The van der Waals surface area contributed by atoms with Gasteiger partial charge in [-0.05, 0) is 84.8 Å². The van der Waals surface area contributed by atoms with Gasteiger partial charge in [0.25, 0.3) is 0 Å². The van der Waals surface area contributed by atoms with Crippen molar-refractivity contribution >= 4 is 10.8 Å². The molecule has 0 saturated carbocycles. The van der Waals surface area contributed by atoms with E-state index in [1.54, 1.807) is 0 Å². The van der Waals surface area contributed by atoms with E-state index in [1.165, 1.54) is 72.0 Å². The zero-order valence-corrected chi connectivity index (χ0v) is 22.8. The van der Waals surface area contributed by atoms with Crippen molar-refractivity contribution in [1.29, 1.82) is 0 Å². The minimum atomic E-state index is -0.344. The Morgan fingerprint density at radius 2 is 0.929 bits per heavy atom. The van der Waals surface area contributed by atoms with Crippen molar-refractivity contribution in [2.75, 3.05) is 0 Å². The number of fused-ring (bicyclic) bond motifs is 12. The number of benzene rings is 7. The van der Waals surface area contributed by atoms with Gasteiger partial charge in [-0.3, -0.25) is 0 Å². The van der Waals surface area contributed by atoms with E-state index in [1.807, 2.05) is 6.07 Å². The van der Waals surface area contributed by atoms with Crippen LogP contribution in [-0.2, 0) is 5.41 Å². The van der Waals surface area contributed by atoms with Gasteiger partial charge < -0.3 is 4.74 Å². The van der Waals surface area contributed by atoms with Gasteiger partial charge in [0.05, 0.1) is 5.41 Å². The molecule has 0 radical (unpaired) electrons. The molecule has 1 heterocycles. The molecule has 0 unspecified atom stereocenters. The van der Waals surface area contributed by atoms with E-state index in [0.29, 0.717) is 0 Å². The molecule has 194 valence electrons. The smallest absolute Gasteiger partial charge is 0.136 e.